The molecule has 1 aliphatic carbocycles. The predicted octanol–water partition coefficient (Wildman–Crippen LogP) is -0.0994. The van der Waals surface area contributed by atoms with E-state index in [4.69, 9.17) is 10.8 Å². The largest absolute Gasteiger partial charge is 0.480 e. The van der Waals surface area contributed by atoms with E-state index < -0.39 is 23.4 Å². The number of nitrogens with two attached hydrogens (primary N) is 1. The van der Waals surface area contributed by atoms with Crippen LogP contribution in [0.3, 0.4) is 0 Å². The molecule has 0 aromatic rings. The Morgan fingerprint density at radius 3 is 2.42 bits per heavy atom. The summed E-state index contributed by atoms with van der Waals surface area (Å²) in [4.78, 5) is 35.9. The highest BCUT2D eigenvalue weighted by atomic mass is 16.4. The molecule has 1 aliphatic heterocycles. The van der Waals surface area contributed by atoms with Crippen molar-refractivity contribution in [1.29, 1.82) is 0 Å². The van der Waals surface area contributed by atoms with Crippen LogP contribution in [0, 0.1) is 5.92 Å². The van der Waals surface area contributed by atoms with E-state index in [1.807, 2.05) is 0 Å². The van der Waals surface area contributed by atoms with Crippen LogP contribution in [-0.2, 0) is 9.59 Å². The molecule has 2 aliphatic rings. The smallest absolute Gasteiger partial charge is 0.329 e. The van der Waals surface area contributed by atoms with Crippen LogP contribution in [0.4, 0.5) is 4.79 Å². The summed E-state index contributed by atoms with van der Waals surface area (Å²) in [5.74, 6) is -1.73. The third-order valence-electron chi connectivity index (χ3n) is 4.07. The molecule has 7 heteroatoms. The van der Waals surface area contributed by atoms with E-state index >= 15 is 0 Å². The molecule has 19 heavy (non-hydrogen) atoms. The first-order valence-corrected chi connectivity index (χ1v) is 6.54. The van der Waals surface area contributed by atoms with E-state index in [-0.39, 0.29) is 12.5 Å². The molecule has 2 fully saturated rings. The number of likely N-dealkylation sites (tertiary alicyclic amines) is 1. The summed E-state index contributed by atoms with van der Waals surface area (Å²) in [5.41, 5.74) is 4.14. The normalized spacial score (nSPS) is 25.3. The molecule has 106 valence electrons. The fourth-order valence-electron chi connectivity index (χ4n) is 2.60. The number of hydrogen-bond donors (Lipinski definition) is 3. The molecule has 4 N–H and O–H groups in total. The fourth-order valence-corrected chi connectivity index (χ4v) is 2.60. The molecule has 3 amide bonds. The Morgan fingerprint density at radius 1 is 1.26 bits per heavy atom. The summed E-state index contributed by atoms with van der Waals surface area (Å²) in [6.45, 7) is 0.808. The van der Waals surface area contributed by atoms with E-state index in [0.717, 1.165) is 6.42 Å². The minimum absolute atomic E-state index is 0.275. The molecule has 1 atom stereocenters. The van der Waals surface area contributed by atoms with Gasteiger partial charge in [0.25, 0.3) is 0 Å². The minimum Gasteiger partial charge on any atom is -0.480 e. The monoisotopic (exact) mass is 269 g/mol. The molecule has 0 aromatic carbocycles. The van der Waals surface area contributed by atoms with Gasteiger partial charge in [0.05, 0.1) is 5.92 Å². The molecule has 0 spiro atoms. The summed E-state index contributed by atoms with van der Waals surface area (Å²) >= 11 is 0. The Balaban J connectivity index is 1.96. The highest BCUT2D eigenvalue weighted by Gasteiger charge is 2.46. The molecule has 2 rings (SSSR count). The van der Waals surface area contributed by atoms with E-state index in [1.165, 1.54) is 4.90 Å². The van der Waals surface area contributed by atoms with Crippen molar-refractivity contribution in [3.63, 3.8) is 0 Å². The van der Waals surface area contributed by atoms with Crippen LogP contribution in [0.15, 0.2) is 0 Å². The van der Waals surface area contributed by atoms with E-state index in [0.29, 0.717) is 32.2 Å². The molecule has 0 bridgehead atoms. The quantitative estimate of drug-likeness (QED) is 0.664. The molecular weight excluding hydrogens is 250 g/mol. The summed E-state index contributed by atoms with van der Waals surface area (Å²) < 4.78 is 0. The number of carboxylic acids is 1. The van der Waals surface area contributed by atoms with Crippen LogP contribution >= 0.6 is 0 Å². The SMILES string of the molecule is NC(=O)C1CCCN(C(=O)NC2(C(=O)O)CCC2)C1. The number of carboxylic acid groups (broad SMARTS) is 1. The lowest BCUT2D eigenvalue weighted by molar-refractivity contribution is -0.148. The number of carbonyl (C=O) groups excluding carboxylic acids is 2. The van der Waals surface area contributed by atoms with Gasteiger partial charge in [-0.2, -0.15) is 0 Å². The first-order valence-electron chi connectivity index (χ1n) is 6.54. The maximum absolute atomic E-state index is 12.1. The lowest BCUT2D eigenvalue weighted by Gasteiger charge is -2.41. The zero-order valence-corrected chi connectivity index (χ0v) is 10.7. The second kappa shape index (κ2) is 5.07. The van der Waals surface area contributed by atoms with Crippen molar-refractivity contribution in [2.45, 2.75) is 37.6 Å². The number of nitrogens with zero attached hydrogens (tertiary/aromatic N) is 1. The van der Waals surface area contributed by atoms with E-state index in [1.54, 1.807) is 0 Å². The average molecular weight is 269 g/mol. The van der Waals surface area contributed by atoms with Crippen molar-refractivity contribution in [1.82, 2.24) is 10.2 Å². The van der Waals surface area contributed by atoms with Crippen molar-refractivity contribution in [2.75, 3.05) is 13.1 Å². The van der Waals surface area contributed by atoms with Crippen molar-refractivity contribution >= 4 is 17.9 Å². The number of primary amides is 1. The number of amides is 3. The van der Waals surface area contributed by atoms with Gasteiger partial charge in [0.2, 0.25) is 5.91 Å². The van der Waals surface area contributed by atoms with Crippen LogP contribution in [-0.4, -0.2) is 46.5 Å². The van der Waals surface area contributed by atoms with Gasteiger partial charge in [0, 0.05) is 13.1 Å². The number of hydrogen-bond acceptors (Lipinski definition) is 3. The van der Waals surface area contributed by atoms with Crippen molar-refractivity contribution < 1.29 is 19.5 Å². The molecule has 1 unspecified atom stereocenters. The lowest BCUT2D eigenvalue weighted by atomic mass is 9.77. The standard InChI is InChI=1S/C12H19N3O4/c13-9(16)8-3-1-6-15(7-8)11(19)14-12(10(17)18)4-2-5-12/h8H,1-7H2,(H2,13,16)(H,14,19)(H,17,18). The number of carbonyl (C=O) groups is 3. The summed E-state index contributed by atoms with van der Waals surface area (Å²) in [6.07, 6.45) is 3.11. The number of piperidine rings is 1. The average Bonchev–Trinajstić information content (AvgIpc) is 2.33. The second-order valence-electron chi connectivity index (χ2n) is 5.36. The zero-order valence-electron chi connectivity index (χ0n) is 10.7. The summed E-state index contributed by atoms with van der Waals surface area (Å²) in [6, 6.07) is -0.409. The molecule has 0 radical (unpaired) electrons. The fraction of sp³-hybridized carbons (Fsp3) is 0.750. The molecular formula is C12H19N3O4. The molecule has 1 saturated carbocycles. The number of rotatable bonds is 3. The Kier molecular flexibility index (Phi) is 3.64. The van der Waals surface area contributed by atoms with Gasteiger partial charge in [0.15, 0.2) is 0 Å². The van der Waals surface area contributed by atoms with Crippen LogP contribution < -0.4 is 11.1 Å². The summed E-state index contributed by atoms with van der Waals surface area (Å²) in [5, 5.41) is 11.8. The van der Waals surface area contributed by atoms with Crippen LogP contribution in [0.5, 0.6) is 0 Å². The molecule has 1 saturated heterocycles. The van der Waals surface area contributed by atoms with Crippen LogP contribution in [0.1, 0.15) is 32.1 Å². The first kappa shape index (κ1) is 13.6. The number of urea groups is 1. The minimum atomic E-state index is -1.11. The van der Waals surface area contributed by atoms with Gasteiger partial charge in [-0.05, 0) is 32.1 Å². The van der Waals surface area contributed by atoms with Gasteiger partial charge in [-0.25, -0.2) is 9.59 Å². The van der Waals surface area contributed by atoms with Crippen molar-refractivity contribution in [2.24, 2.45) is 11.7 Å². The lowest BCUT2D eigenvalue weighted by Crippen LogP contribution is -2.62. The maximum Gasteiger partial charge on any atom is 0.329 e. The zero-order chi connectivity index (χ0) is 14.0. The summed E-state index contributed by atoms with van der Waals surface area (Å²) in [7, 11) is 0. The molecule has 7 nitrogen and oxygen atoms in total. The van der Waals surface area contributed by atoms with Gasteiger partial charge in [0.1, 0.15) is 5.54 Å². The van der Waals surface area contributed by atoms with Crippen molar-refractivity contribution in [3.05, 3.63) is 0 Å². The third kappa shape index (κ3) is 2.64. The van der Waals surface area contributed by atoms with Crippen LogP contribution in [0.25, 0.3) is 0 Å². The van der Waals surface area contributed by atoms with Gasteiger partial charge >= 0.3 is 12.0 Å². The van der Waals surface area contributed by atoms with E-state index in [2.05, 4.69) is 5.32 Å². The third-order valence-corrected chi connectivity index (χ3v) is 4.07. The first-order chi connectivity index (χ1) is 8.94. The Bertz CT molecular complexity index is 406. The second-order valence-corrected chi connectivity index (χ2v) is 5.36. The predicted molar refractivity (Wildman–Crippen MR) is 66.2 cm³/mol. The Labute approximate surface area is 111 Å². The maximum atomic E-state index is 12.1. The Morgan fingerprint density at radius 2 is 1.95 bits per heavy atom. The molecule has 1 heterocycles. The van der Waals surface area contributed by atoms with Gasteiger partial charge in [-0.3, -0.25) is 4.79 Å². The Hall–Kier alpha value is -1.79. The number of aliphatic carboxylic acids is 1. The van der Waals surface area contributed by atoms with E-state index in [9.17, 15) is 14.4 Å². The van der Waals surface area contributed by atoms with Crippen molar-refractivity contribution in [3.8, 4) is 0 Å². The van der Waals surface area contributed by atoms with Gasteiger partial charge in [-0.1, -0.05) is 0 Å². The molecule has 0 aromatic heterocycles. The highest BCUT2D eigenvalue weighted by molar-refractivity contribution is 5.87. The highest BCUT2D eigenvalue weighted by Crippen LogP contribution is 2.32. The van der Waals surface area contributed by atoms with Crippen LogP contribution in [0.2, 0.25) is 0 Å². The topological polar surface area (TPSA) is 113 Å². The van der Waals surface area contributed by atoms with Gasteiger partial charge in [-0.15, -0.1) is 0 Å². The number of nitrogens with one attached hydrogen (secondary N) is 1. The van der Waals surface area contributed by atoms with Gasteiger partial charge < -0.3 is 21.1 Å².